The van der Waals surface area contributed by atoms with Gasteiger partial charge in [-0.25, -0.2) is 9.50 Å². The van der Waals surface area contributed by atoms with Gasteiger partial charge in [-0.1, -0.05) is 0 Å². The van der Waals surface area contributed by atoms with Crippen molar-refractivity contribution < 1.29 is 18.3 Å². The van der Waals surface area contributed by atoms with Gasteiger partial charge in [0.1, 0.15) is 5.52 Å². The highest BCUT2D eigenvalue weighted by atomic mass is 19.4. The average molecular weight is 274 g/mol. The van der Waals surface area contributed by atoms with Gasteiger partial charge in [0.25, 0.3) is 0 Å². The molecule has 0 radical (unpaired) electrons. The topological polar surface area (TPSA) is 62.5 Å². The lowest BCUT2D eigenvalue weighted by Crippen LogP contribution is -2.17. The lowest BCUT2D eigenvalue weighted by molar-refractivity contribution is -0.141. The predicted octanol–water partition coefficient (Wildman–Crippen LogP) is 1.93. The molecule has 2 N–H and O–H groups in total. The van der Waals surface area contributed by atoms with E-state index in [2.05, 4.69) is 15.4 Å². The van der Waals surface area contributed by atoms with Gasteiger partial charge >= 0.3 is 6.18 Å². The molecule has 0 saturated carbocycles. The lowest BCUT2D eigenvalue weighted by atomic mass is 10.2. The second-order valence-electron chi connectivity index (χ2n) is 4.19. The summed E-state index contributed by atoms with van der Waals surface area (Å²) in [6.45, 7) is 1.80. The van der Waals surface area contributed by atoms with E-state index in [1.165, 1.54) is 12.4 Å². The maximum Gasteiger partial charge on any atom is 0.435 e. The van der Waals surface area contributed by atoms with Crippen LogP contribution in [0.1, 0.15) is 19.0 Å². The molecule has 8 heteroatoms. The molecule has 2 aromatic rings. The van der Waals surface area contributed by atoms with Crippen LogP contribution in [0.2, 0.25) is 0 Å². The Bertz CT molecular complexity index is 567. The average Bonchev–Trinajstić information content (AvgIpc) is 2.74. The molecule has 5 nitrogen and oxygen atoms in total. The summed E-state index contributed by atoms with van der Waals surface area (Å²) in [5.74, 6) is 0.312. The fraction of sp³-hybridized carbons (Fsp3) is 0.455. The zero-order chi connectivity index (χ0) is 14.0. The van der Waals surface area contributed by atoms with Crippen molar-refractivity contribution in [2.24, 2.45) is 0 Å². The Kier molecular flexibility index (Phi) is 3.61. The fourth-order valence-electron chi connectivity index (χ4n) is 1.67. The molecule has 0 amide bonds. The second kappa shape index (κ2) is 5.04. The highest BCUT2D eigenvalue weighted by Crippen LogP contribution is 2.30. The van der Waals surface area contributed by atoms with Gasteiger partial charge in [-0.05, 0) is 13.3 Å². The van der Waals surface area contributed by atoms with Gasteiger partial charge in [-0.2, -0.15) is 18.3 Å². The third-order valence-electron chi connectivity index (χ3n) is 2.63. The molecular weight excluding hydrogens is 261 g/mol. The molecule has 2 aromatic heterocycles. The van der Waals surface area contributed by atoms with E-state index in [1.807, 2.05) is 6.92 Å². The van der Waals surface area contributed by atoms with E-state index in [0.29, 0.717) is 12.2 Å². The quantitative estimate of drug-likeness (QED) is 0.894. The minimum Gasteiger partial charge on any atom is -0.396 e. The summed E-state index contributed by atoms with van der Waals surface area (Å²) >= 11 is 0. The summed E-state index contributed by atoms with van der Waals surface area (Å²) in [4.78, 5) is 4.00. The van der Waals surface area contributed by atoms with Crippen LogP contribution >= 0.6 is 0 Å². The minimum absolute atomic E-state index is 0.00957. The third-order valence-corrected chi connectivity index (χ3v) is 2.63. The van der Waals surface area contributed by atoms with Crippen molar-refractivity contribution in [2.75, 3.05) is 11.9 Å². The zero-order valence-corrected chi connectivity index (χ0v) is 10.1. The van der Waals surface area contributed by atoms with Crippen LogP contribution in [0.4, 0.5) is 19.0 Å². The normalized spacial score (nSPS) is 13.7. The molecule has 0 bridgehead atoms. The van der Waals surface area contributed by atoms with Crippen molar-refractivity contribution in [2.45, 2.75) is 25.6 Å². The summed E-state index contributed by atoms with van der Waals surface area (Å²) in [6, 6.07) is 0.842. The minimum atomic E-state index is -4.49. The molecule has 0 saturated heterocycles. The first kappa shape index (κ1) is 13.6. The Labute approximate surface area is 107 Å². The van der Waals surface area contributed by atoms with Crippen LogP contribution in [-0.2, 0) is 6.18 Å². The van der Waals surface area contributed by atoms with E-state index < -0.39 is 11.9 Å². The number of aromatic nitrogens is 3. The third kappa shape index (κ3) is 2.95. The van der Waals surface area contributed by atoms with Crippen LogP contribution in [0.3, 0.4) is 0 Å². The molecule has 1 atom stereocenters. The highest BCUT2D eigenvalue weighted by molar-refractivity contribution is 5.68. The Balaban J connectivity index is 2.37. The van der Waals surface area contributed by atoms with Crippen molar-refractivity contribution in [3.8, 4) is 0 Å². The van der Waals surface area contributed by atoms with E-state index in [-0.39, 0.29) is 18.2 Å². The molecule has 2 rings (SSSR count). The molecule has 104 valence electrons. The van der Waals surface area contributed by atoms with Crippen LogP contribution in [0.5, 0.6) is 0 Å². The van der Waals surface area contributed by atoms with Crippen molar-refractivity contribution in [1.29, 1.82) is 0 Å². The number of hydrogen-bond acceptors (Lipinski definition) is 4. The standard InChI is InChI=1S/C11H13F3N4O/c1-7(2-5-19)16-10-8-6-9(11(12,13)14)17-18(8)4-3-15-10/h3-4,6-7,19H,2,5H2,1H3,(H,15,16). The van der Waals surface area contributed by atoms with E-state index in [1.54, 1.807) is 0 Å². The highest BCUT2D eigenvalue weighted by Gasteiger charge is 2.34. The maximum absolute atomic E-state index is 12.6. The number of nitrogens with zero attached hydrogens (tertiary/aromatic N) is 3. The number of aliphatic hydroxyl groups is 1. The summed E-state index contributed by atoms with van der Waals surface area (Å²) < 4.78 is 38.9. The molecule has 0 aromatic carbocycles. The predicted molar refractivity (Wildman–Crippen MR) is 62.8 cm³/mol. The van der Waals surface area contributed by atoms with Crippen molar-refractivity contribution in [3.63, 3.8) is 0 Å². The van der Waals surface area contributed by atoms with Crippen molar-refractivity contribution >= 4 is 11.3 Å². The largest absolute Gasteiger partial charge is 0.435 e. The Morgan fingerprint density at radius 2 is 2.21 bits per heavy atom. The summed E-state index contributed by atoms with van der Waals surface area (Å²) in [5, 5.41) is 15.2. The first-order valence-electron chi connectivity index (χ1n) is 5.71. The summed E-state index contributed by atoms with van der Waals surface area (Å²) in [6.07, 6.45) is -1.29. The molecular formula is C11H13F3N4O. The number of fused-ring (bicyclic) bond motifs is 1. The fourth-order valence-corrected chi connectivity index (χ4v) is 1.67. The summed E-state index contributed by atoms with van der Waals surface area (Å²) in [7, 11) is 0. The molecule has 1 unspecified atom stereocenters. The zero-order valence-electron chi connectivity index (χ0n) is 10.1. The molecule has 2 heterocycles. The number of halogens is 3. The first-order valence-corrected chi connectivity index (χ1v) is 5.71. The SMILES string of the molecule is CC(CCO)Nc1nccn2nc(C(F)(F)F)cc12. The van der Waals surface area contributed by atoms with Crippen LogP contribution in [0.15, 0.2) is 18.5 Å². The van der Waals surface area contributed by atoms with Gasteiger partial charge in [-0.3, -0.25) is 0 Å². The van der Waals surface area contributed by atoms with Gasteiger partial charge in [0, 0.05) is 31.1 Å². The second-order valence-corrected chi connectivity index (χ2v) is 4.19. The van der Waals surface area contributed by atoms with Gasteiger partial charge in [-0.15, -0.1) is 0 Å². The van der Waals surface area contributed by atoms with Crippen molar-refractivity contribution in [3.05, 3.63) is 24.2 Å². The van der Waals surface area contributed by atoms with Gasteiger partial charge in [0.2, 0.25) is 0 Å². The molecule has 0 fully saturated rings. The van der Waals surface area contributed by atoms with Crippen LogP contribution in [0, 0.1) is 0 Å². The number of aliphatic hydroxyl groups excluding tert-OH is 1. The Hall–Kier alpha value is -1.83. The molecule has 0 aliphatic carbocycles. The maximum atomic E-state index is 12.6. The van der Waals surface area contributed by atoms with Crippen LogP contribution < -0.4 is 5.32 Å². The number of anilines is 1. The monoisotopic (exact) mass is 274 g/mol. The van der Waals surface area contributed by atoms with E-state index in [4.69, 9.17) is 5.11 Å². The molecule has 0 aliphatic rings. The smallest absolute Gasteiger partial charge is 0.396 e. The van der Waals surface area contributed by atoms with Gasteiger partial charge in [0.15, 0.2) is 11.5 Å². The number of hydrogen-bond donors (Lipinski definition) is 2. The summed E-state index contributed by atoms with van der Waals surface area (Å²) in [5.41, 5.74) is -0.710. The number of alkyl halides is 3. The van der Waals surface area contributed by atoms with E-state index >= 15 is 0 Å². The molecule has 0 spiro atoms. The molecule has 19 heavy (non-hydrogen) atoms. The van der Waals surface area contributed by atoms with Crippen LogP contribution in [0.25, 0.3) is 5.52 Å². The molecule has 0 aliphatic heterocycles. The van der Waals surface area contributed by atoms with Crippen molar-refractivity contribution in [1.82, 2.24) is 14.6 Å². The number of nitrogens with one attached hydrogen (secondary N) is 1. The first-order chi connectivity index (χ1) is 8.91. The Morgan fingerprint density at radius 1 is 1.47 bits per heavy atom. The Morgan fingerprint density at radius 3 is 2.84 bits per heavy atom. The van der Waals surface area contributed by atoms with Crippen LogP contribution in [-0.4, -0.2) is 32.4 Å². The van der Waals surface area contributed by atoms with Gasteiger partial charge < -0.3 is 10.4 Å². The number of rotatable bonds is 4. The van der Waals surface area contributed by atoms with Gasteiger partial charge in [0.05, 0.1) is 0 Å². The van der Waals surface area contributed by atoms with E-state index in [9.17, 15) is 13.2 Å². The lowest BCUT2D eigenvalue weighted by Gasteiger charge is -2.13. The van der Waals surface area contributed by atoms with E-state index in [0.717, 1.165) is 10.6 Å².